The molecule has 0 radical (unpaired) electrons. The lowest BCUT2D eigenvalue weighted by Crippen LogP contribution is -2.20. The van der Waals surface area contributed by atoms with Crippen molar-refractivity contribution in [1.29, 1.82) is 0 Å². The first-order valence-corrected chi connectivity index (χ1v) is 6.53. The molecule has 1 heterocycles. The SMILES string of the molecule is CN(Cc1cccnc1)Cc1ccccc1C(N)=S. The van der Waals surface area contributed by atoms with Crippen LogP contribution in [-0.4, -0.2) is 21.9 Å². The molecule has 0 saturated heterocycles. The molecule has 2 aromatic rings. The van der Waals surface area contributed by atoms with Gasteiger partial charge in [0.1, 0.15) is 4.99 Å². The molecule has 1 aromatic carbocycles. The largest absolute Gasteiger partial charge is 0.389 e. The fourth-order valence-electron chi connectivity index (χ4n) is 2.05. The van der Waals surface area contributed by atoms with Crippen LogP contribution < -0.4 is 5.73 Å². The summed E-state index contributed by atoms with van der Waals surface area (Å²) in [5.41, 5.74) is 9.05. The minimum absolute atomic E-state index is 0.449. The van der Waals surface area contributed by atoms with Crippen molar-refractivity contribution in [2.24, 2.45) is 5.73 Å². The maximum absolute atomic E-state index is 5.75. The second kappa shape index (κ2) is 6.41. The van der Waals surface area contributed by atoms with Crippen molar-refractivity contribution in [3.05, 3.63) is 65.5 Å². The summed E-state index contributed by atoms with van der Waals surface area (Å²) in [7, 11) is 2.07. The van der Waals surface area contributed by atoms with Crippen molar-refractivity contribution >= 4 is 17.2 Å². The first-order valence-electron chi connectivity index (χ1n) is 6.12. The van der Waals surface area contributed by atoms with Crippen LogP contribution in [0.25, 0.3) is 0 Å². The first-order chi connectivity index (χ1) is 9.16. The van der Waals surface area contributed by atoms with Crippen LogP contribution >= 0.6 is 12.2 Å². The van der Waals surface area contributed by atoms with E-state index in [1.54, 1.807) is 6.20 Å². The van der Waals surface area contributed by atoms with Crippen molar-refractivity contribution in [3.63, 3.8) is 0 Å². The predicted molar refractivity (Wildman–Crippen MR) is 81.7 cm³/mol. The Hall–Kier alpha value is -1.78. The first kappa shape index (κ1) is 13.6. The molecule has 0 bridgehead atoms. The highest BCUT2D eigenvalue weighted by Gasteiger charge is 2.07. The number of benzene rings is 1. The fourth-order valence-corrected chi connectivity index (χ4v) is 2.25. The minimum atomic E-state index is 0.449. The van der Waals surface area contributed by atoms with E-state index in [-0.39, 0.29) is 0 Å². The van der Waals surface area contributed by atoms with Gasteiger partial charge in [-0.2, -0.15) is 0 Å². The summed E-state index contributed by atoms with van der Waals surface area (Å²) in [5.74, 6) is 0. The Kier molecular flexibility index (Phi) is 4.60. The maximum atomic E-state index is 5.75. The van der Waals surface area contributed by atoms with E-state index in [0.717, 1.165) is 24.2 Å². The molecule has 0 saturated carbocycles. The molecule has 0 aliphatic heterocycles. The topological polar surface area (TPSA) is 42.2 Å². The van der Waals surface area contributed by atoms with Crippen LogP contribution in [0.3, 0.4) is 0 Å². The zero-order chi connectivity index (χ0) is 13.7. The van der Waals surface area contributed by atoms with E-state index in [1.165, 1.54) is 5.56 Å². The van der Waals surface area contributed by atoms with Gasteiger partial charge in [-0.1, -0.05) is 42.5 Å². The van der Waals surface area contributed by atoms with Gasteiger partial charge in [0.05, 0.1) is 0 Å². The average Bonchev–Trinajstić information content (AvgIpc) is 2.40. The molecule has 98 valence electrons. The highest BCUT2D eigenvalue weighted by Crippen LogP contribution is 2.12. The monoisotopic (exact) mass is 271 g/mol. The average molecular weight is 271 g/mol. The van der Waals surface area contributed by atoms with Crippen LogP contribution in [-0.2, 0) is 13.1 Å². The Balaban J connectivity index is 2.07. The quantitative estimate of drug-likeness (QED) is 0.848. The molecule has 19 heavy (non-hydrogen) atoms. The number of thiocarbonyl (C=S) groups is 1. The molecule has 0 atom stereocenters. The zero-order valence-corrected chi connectivity index (χ0v) is 11.7. The molecule has 0 aliphatic rings. The molecule has 4 heteroatoms. The van der Waals surface area contributed by atoms with Crippen molar-refractivity contribution in [2.75, 3.05) is 7.05 Å². The van der Waals surface area contributed by atoms with Crippen LogP contribution in [0.4, 0.5) is 0 Å². The molecule has 0 unspecified atom stereocenters. The molecule has 2 rings (SSSR count). The van der Waals surface area contributed by atoms with Crippen molar-refractivity contribution in [2.45, 2.75) is 13.1 Å². The van der Waals surface area contributed by atoms with Crippen LogP contribution in [0.2, 0.25) is 0 Å². The maximum Gasteiger partial charge on any atom is 0.104 e. The molecule has 0 aliphatic carbocycles. The number of nitrogens with two attached hydrogens (primary N) is 1. The van der Waals surface area contributed by atoms with E-state index in [0.29, 0.717) is 4.99 Å². The van der Waals surface area contributed by atoms with Crippen molar-refractivity contribution in [3.8, 4) is 0 Å². The Labute approximate surface area is 119 Å². The lowest BCUT2D eigenvalue weighted by atomic mass is 10.1. The van der Waals surface area contributed by atoms with Gasteiger partial charge in [0, 0.05) is 31.0 Å². The van der Waals surface area contributed by atoms with Gasteiger partial charge in [-0.3, -0.25) is 9.88 Å². The van der Waals surface area contributed by atoms with Gasteiger partial charge in [0.25, 0.3) is 0 Å². The Morgan fingerprint density at radius 1 is 1.21 bits per heavy atom. The molecule has 1 aromatic heterocycles. The Bertz CT molecular complexity index is 554. The van der Waals surface area contributed by atoms with Crippen LogP contribution in [0.1, 0.15) is 16.7 Å². The van der Waals surface area contributed by atoms with Crippen molar-refractivity contribution < 1.29 is 0 Å². The summed E-state index contributed by atoms with van der Waals surface area (Å²) < 4.78 is 0. The number of nitrogens with zero attached hydrogens (tertiary/aromatic N) is 2. The molecular weight excluding hydrogens is 254 g/mol. The Morgan fingerprint density at radius 2 is 2.00 bits per heavy atom. The highest BCUT2D eigenvalue weighted by atomic mass is 32.1. The number of hydrogen-bond acceptors (Lipinski definition) is 3. The van der Waals surface area contributed by atoms with Crippen LogP contribution in [0, 0.1) is 0 Å². The summed E-state index contributed by atoms with van der Waals surface area (Å²) in [6.07, 6.45) is 3.67. The normalized spacial score (nSPS) is 10.6. The van der Waals surface area contributed by atoms with Gasteiger partial charge < -0.3 is 5.73 Å². The third kappa shape index (κ3) is 3.84. The molecule has 3 nitrogen and oxygen atoms in total. The molecule has 0 spiro atoms. The van der Waals surface area contributed by atoms with E-state index in [2.05, 4.69) is 29.1 Å². The second-order valence-electron chi connectivity index (χ2n) is 4.55. The van der Waals surface area contributed by atoms with Gasteiger partial charge >= 0.3 is 0 Å². The third-order valence-electron chi connectivity index (χ3n) is 2.90. The molecular formula is C15H17N3S. The summed E-state index contributed by atoms with van der Waals surface area (Å²) in [4.78, 5) is 6.79. The number of hydrogen-bond donors (Lipinski definition) is 1. The van der Waals surface area contributed by atoms with E-state index >= 15 is 0 Å². The summed E-state index contributed by atoms with van der Waals surface area (Å²) in [6.45, 7) is 1.65. The number of aromatic nitrogens is 1. The zero-order valence-electron chi connectivity index (χ0n) is 10.9. The van der Waals surface area contributed by atoms with Gasteiger partial charge in [0.2, 0.25) is 0 Å². The van der Waals surface area contributed by atoms with Crippen LogP contribution in [0.15, 0.2) is 48.8 Å². The predicted octanol–water partition coefficient (Wildman–Crippen LogP) is 2.35. The minimum Gasteiger partial charge on any atom is -0.389 e. The van der Waals surface area contributed by atoms with E-state index < -0.39 is 0 Å². The van der Waals surface area contributed by atoms with Gasteiger partial charge in [0.15, 0.2) is 0 Å². The lowest BCUT2D eigenvalue weighted by molar-refractivity contribution is 0.318. The number of pyridine rings is 1. The summed E-state index contributed by atoms with van der Waals surface area (Å²) >= 11 is 5.08. The smallest absolute Gasteiger partial charge is 0.104 e. The number of rotatable bonds is 5. The summed E-state index contributed by atoms with van der Waals surface area (Å²) in [6, 6.07) is 12.0. The third-order valence-corrected chi connectivity index (χ3v) is 3.12. The second-order valence-corrected chi connectivity index (χ2v) is 4.99. The molecule has 2 N–H and O–H groups in total. The van der Waals surface area contributed by atoms with Crippen molar-refractivity contribution in [1.82, 2.24) is 9.88 Å². The summed E-state index contributed by atoms with van der Waals surface area (Å²) in [5, 5.41) is 0. The molecule has 0 fully saturated rings. The molecule has 0 amide bonds. The van der Waals surface area contributed by atoms with Gasteiger partial charge in [-0.25, -0.2) is 0 Å². The fraction of sp³-hybridized carbons (Fsp3) is 0.200. The van der Waals surface area contributed by atoms with Gasteiger partial charge in [-0.05, 0) is 24.2 Å². The Morgan fingerprint density at radius 3 is 2.68 bits per heavy atom. The van der Waals surface area contributed by atoms with Crippen LogP contribution in [0.5, 0.6) is 0 Å². The van der Waals surface area contributed by atoms with E-state index in [1.807, 2.05) is 30.5 Å². The highest BCUT2D eigenvalue weighted by molar-refractivity contribution is 7.80. The lowest BCUT2D eigenvalue weighted by Gasteiger charge is -2.18. The standard InChI is InChI=1S/C15H17N3S/c1-18(10-12-5-4-8-17-9-12)11-13-6-2-3-7-14(13)15(16)19/h2-9H,10-11H2,1H3,(H2,16,19). The van der Waals surface area contributed by atoms with E-state index in [4.69, 9.17) is 18.0 Å². The van der Waals surface area contributed by atoms with E-state index in [9.17, 15) is 0 Å². The van der Waals surface area contributed by atoms with Gasteiger partial charge in [-0.15, -0.1) is 0 Å².